The highest BCUT2D eigenvalue weighted by molar-refractivity contribution is 5.99. The molecule has 2 aliphatic carbocycles. The van der Waals surface area contributed by atoms with Crippen molar-refractivity contribution in [1.82, 2.24) is 4.98 Å². The van der Waals surface area contributed by atoms with Gasteiger partial charge < -0.3 is 19.9 Å². The maximum atomic E-state index is 14.2. The lowest BCUT2D eigenvalue weighted by Crippen LogP contribution is -2.59. The van der Waals surface area contributed by atoms with Crippen LogP contribution in [0.15, 0.2) is 42.7 Å². The number of esters is 1. The summed E-state index contributed by atoms with van der Waals surface area (Å²) in [7, 11) is 1.55. The summed E-state index contributed by atoms with van der Waals surface area (Å²) in [4.78, 5) is 30.3. The molecule has 2 aromatic rings. The van der Waals surface area contributed by atoms with Gasteiger partial charge in [0.1, 0.15) is 11.5 Å². The zero-order valence-corrected chi connectivity index (χ0v) is 22.0. The molecule has 7 heteroatoms. The van der Waals surface area contributed by atoms with Crippen molar-refractivity contribution < 1.29 is 23.8 Å². The Morgan fingerprint density at radius 2 is 1.86 bits per heavy atom. The number of aromatic nitrogens is 1. The zero-order chi connectivity index (χ0) is 26.1. The molecule has 194 valence electrons. The fraction of sp³-hybridized carbons (Fsp3) is 0.552. The molecule has 0 amide bonds. The van der Waals surface area contributed by atoms with E-state index in [1.807, 2.05) is 0 Å². The molecule has 1 heterocycles. The monoisotopic (exact) mass is 494 g/mol. The van der Waals surface area contributed by atoms with Crippen LogP contribution in [0, 0.1) is 28.6 Å². The van der Waals surface area contributed by atoms with Crippen LogP contribution < -0.4 is 15.2 Å². The van der Waals surface area contributed by atoms with Crippen LogP contribution >= 0.6 is 0 Å². The largest absolute Gasteiger partial charge is 0.497 e. The third kappa shape index (κ3) is 4.99. The topological polar surface area (TPSA) is 101 Å². The van der Waals surface area contributed by atoms with E-state index in [0.717, 1.165) is 25.7 Å². The van der Waals surface area contributed by atoms with E-state index in [2.05, 4.69) is 32.7 Å². The minimum Gasteiger partial charge on any atom is -0.497 e. The molecule has 7 nitrogen and oxygen atoms in total. The average molecular weight is 495 g/mol. The summed E-state index contributed by atoms with van der Waals surface area (Å²) in [6, 6.07) is 8.40. The first-order chi connectivity index (χ1) is 17.1. The molecule has 0 bridgehead atoms. The number of hydrogen-bond donors (Lipinski definition) is 1. The third-order valence-electron chi connectivity index (χ3n) is 8.69. The van der Waals surface area contributed by atoms with Gasteiger partial charge in [-0.05, 0) is 66.2 Å². The van der Waals surface area contributed by atoms with Crippen molar-refractivity contribution in [3.8, 4) is 11.5 Å². The minimum atomic E-state index is -0.536. The van der Waals surface area contributed by atoms with Crippen molar-refractivity contribution in [2.45, 2.75) is 59.4 Å². The van der Waals surface area contributed by atoms with E-state index in [9.17, 15) is 9.59 Å². The van der Waals surface area contributed by atoms with Crippen LogP contribution in [0.25, 0.3) is 0 Å². The van der Waals surface area contributed by atoms with E-state index in [0.29, 0.717) is 28.5 Å². The number of pyridine rings is 1. The van der Waals surface area contributed by atoms with E-state index in [1.165, 1.54) is 6.20 Å². The van der Waals surface area contributed by atoms with Gasteiger partial charge in [-0.2, -0.15) is 0 Å². The number of hydrogen-bond acceptors (Lipinski definition) is 7. The third-order valence-corrected chi connectivity index (χ3v) is 8.69. The average Bonchev–Trinajstić information content (AvgIpc) is 2.85. The first kappa shape index (κ1) is 26.1. The number of benzene rings is 1. The number of ether oxygens (including phenoxy) is 3. The lowest BCUT2D eigenvalue weighted by molar-refractivity contribution is -0.0865. The lowest BCUT2D eigenvalue weighted by Gasteiger charge is -2.60. The lowest BCUT2D eigenvalue weighted by atomic mass is 9.45. The summed E-state index contributed by atoms with van der Waals surface area (Å²) in [5.41, 5.74) is 7.52. The van der Waals surface area contributed by atoms with Crippen LogP contribution in [0.4, 0.5) is 0 Å². The molecule has 0 radical (unpaired) electrons. The number of rotatable bonds is 7. The summed E-state index contributed by atoms with van der Waals surface area (Å²) in [5, 5.41) is 0. The van der Waals surface area contributed by atoms with Gasteiger partial charge in [-0.3, -0.25) is 9.78 Å². The molecule has 0 unspecified atom stereocenters. The van der Waals surface area contributed by atoms with E-state index in [4.69, 9.17) is 19.9 Å². The van der Waals surface area contributed by atoms with Crippen molar-refractivity contribution in [3.05, 3.63) is 53.9 Å². The summed E-state index contributed by atoms with van der Waals surface area (Å²) in [6.45, 7) is 8.76. The number of carbonyl (C=O) groups is 2. The highest BCUT2D eigenvalue weighted by atomic mass is 16.7. The molecule has 0 aliphatic heterocycles. The van der Waals surface area contributed by atoms with E-state index >= 15 is 0 Å². The van der Waals surface area contributed by atoms with Gasteiger partial charge in [0.15, 0.2) is 5.78 Å². The van der Waals surface area contributed by atoms with Crippen molar-refractivity contribution in [2.75, 3.05) is 13.9 Å². The number of carbonyl (C=O) groups excluding carboxylic acids is 2. The predicted molar refractivity (Wildman–Crippen MR) is 137 cm³/mol. The molecule has 36 heavy (non-hydrogen) atoms. The van der Waals surface area contributed by atoms with Gasteiger partial charge in [0.2, 0.25) is 6.79 Å². The molecule has 1 aromatic heterocycles. The zero-order valence-electron chi connectivity index (χ0n) is 22.0. The maximum Gasteiger partial charge on any atom is 0.342 e. The highest BCUT2D eigenvalue weighted by Crippen LogP contribution is 2.61. The van der Waals surface area contributed by atoms with E-state index in [1.54, 1.807) is 43.6 Å². The number of nitrogens with zero attached hydrogens (tertiary/aromatic N) is 1. The van der Waals surface area contributed by atoms with Crippen molar-refractivity contribution in [3.63, 3.8) is 0 Å². The van der Waals surface area contributed by atoms with Crippen molar-refractivity contribution in [1.29, 1.82) is 0 Å². The summed E-state index contributed by atoms with van der Waals surface area (Å²) in [5.74, 6) is 0.679. The van der Waals surface area contributed by atoms with Crippen LogP contribution in [0.2, 0.25) is 0 Å². The molecule has 1 aromatic carbocycles. The summed E-state index contributed by atoms with van der Waals surface area (Å²) in [6.07, 6.45) is 7.25. The second kappa shape index (κ2) is 10.2. The number of nitrogens with two attached hydrogens (primary N) is 1. The van der Waals surface area contributed by atoms with Gasteiger partial charge in [0.25, 0.3) is 0 Å². The molecule has 5 atom stereocenters. The molecule has 2 aliphatic rings. The Hall–Kier alpha value is -2.93. The van der Waals surface area contributed by atoms with Gasteiger partial charge in [-0.15, -0.1) is 0 Å². The molecule has 2 saturated carbocycles. The highest BCUT2D eigenvalue weighted by Gasteiger charge is 2.57. The standard InChI is InChI=1S/C29H38N2O5/c1-18-23(30)15-24-28(2,3)9-7-10-29(24,4)25(18)26(32)20-12-21(34-5)14-22(13-20)35-17-36-27(33)19-8-6-11-31-16-19/h6,8,11-14,16,18,23-25H,7,9-10,15,17,30H2,1-5H3/t18-,23-,24+,25-,29+/m1/s1. The summed E-state index contributed by atoms with van der Waals surface area (Å²) < 4.78 is 16.4. The van der Waals surface area contributed by atoms with Gasteiger partial charge in [0, 0.05) is 36.0 Å². The van der Waals surface area contributed by atoms with Crippen molar-refractivity contribution >= 4 is 11.8 Å². The van der Waals surface area contributed by atoms with Crippen LogP contribution in [-0.4, -0.2) is 36.7 Å². The summed E-state index contributed by atoms with van der Waals surface area (Å²) >= 11 is 0. The van der Waals surface area contributed by atoms with Crippen LogP contribution in [0.3, 0.4) is 0 Å². The Labute approximate surface area is 213 Å². The normalized spacial score (nSPS) is 29.1. The Morgan fingerprint density at radius 1 is 1.11 bits per heavy atom. The molecule has 4 rings (SSSR count). The van der Waals surface area contributed by atoms with Gasteiger partial charge in [-0.1, -0.05) is 34.1 Å². The quantitative estimate of drug-likeness (QED) is 0.317. The van der Waals surface area contributed by atoms with Crippen LogP contribution in [-0.2, 0) is 4.74 Å². The van der Waals surface area contributed by atoms with Gasteiger partial charge in [-0.25, -0.2) is 4.79 Å². The number of ketones is 1. The Bertz CT molecular complexity index is 1100. The first-order valence-corrected chi connectivity index (χ1v) is 12.8. The molecule has 0 saturated heterocycles. The second-order valence-electron chi connectivity index (χ2n) is 11.3. The van der Waals surface area contributed by atoms with Crippen LogP contribution in [0.5, 0.6) is 11.5 Å². The minimum absolute atomic E-state index is 0.0254. The molecular formula is C29H38N2O5. The van der Waals surface area contributed by atoms with Crippen LogP contribution in [0.1, 0.15) is 74.1 Å². The van der Waals surface area contributed by atoms with Crippen molar-refractivity contribution in [2.24, 2.45) is 34.3 Å². The van der Waals surface area contributed by atoms with Gasteiger partial charge >= 0.3 is 5.97 Å². The molecule has 2 N–H and O–H groups in total. The smallest absolute Gasteiger partial charge is 0.342 e. The Kier molecular flexibility index (Phi) is 7.41. The molecule has 2 fully saturated rings. The second-order valence-corrected chi connectivity index (χ2v) is 11.3. The SMILES string of the molecule is COc1cc(OCOC(=O)c2cccnc2)cc(C(=O)[C@H]2[C@H](C)[C@H](N)C[C@H]3C(C)(C)CCC[C@]23C)c1. The Balaban J connectivity index is 1.57. The number of fused-ring (bicyclic) bond motifs is 1. The van der Waals surface area contributed by atoms with E-state index in [-0.39, 0.29) is 41.3 Å². The van der Waals surface area contributed by atoms with Gasteiger partial charge in [0.05, 0.1) is 12.7 Å². The molecule has 0 spiro atoms. The fourth-order valence-electron chi connectivity index (χ4n) is 6.81. The number of methoxy groups -OCH3 is 1. The number of Topliss-reactive ketones (excluding diaryl/α,β-unsaturated/α-hetero) is 1. The Morgan fingerprint density at radius 3 is 2.56 bits per heavy atom. The predicted octanol–water partition coefficient (Wildman–Crippen LogP) is 5.28. The fourth-order valence-corrected chi connectivity index (χ4v) is 6.81. The maximum absolute atomic E-state index is 14.2. The van der Waals surface area contributed by atoms with E-state index < -0.39 is 5.97 Å². The first-order valence-electron chi connectivity index (χ1n) is 12.8. The molecular weight excluding hydrogens is 456 g/mol.